The highest BCUT2D eigenvalue weighted by Gasteiger charge is 2.30. The van der Waals surface area contributed by atoms with Crippen molar-refractivity contribution in [1.82, 2.24) is 9.97 Å². The Morgan fingerprint density at radius 1 is 1.14 bits per heavy atom. The molecule has 1 aromatic heterocycles. The van der Waals surface area contributed by atoms with Crippen LogP contribution in [0.4, 0.5) is 22.0 Å². The molecule has 1 heterocycles. The number of nitrogens with zero attached hydrogens (tertiary/aromatic N) is 1. The first-order valence-electron chi connectivity index (χ1n) is 5.78. The molecule has 2 rings (SSSR count). The number of hydrogen-bond acceptors (Lipinski definition) is 4. The first-order valence-corrected chi connectivity index (χ1v) is 5.78. The monoisotopic (exact) mass is 321 g/mol. The first-order chi connectivity index (χ1) is 10.3. The third-order valence-corrected chi connectivity index (χ3v) is 2.67. The van der Waals surface area contributed by atoms with Crippen molar-refractivity contribution in [3.63, 3.8) is 0 Å². The molecule has 0 radical (unpaired) electrons. The Bertz CT molecular complexity index is 676. The molecule has 5 nitrogen and oxygen atoms in total. The Kier molecular flexibility index (Phi) is 4.40. The second-order valence-corrected chi connectivity index (χ2v) is 4.21. The number of aromatic amines is 1. The molecule has 0 spiro atoms. The summed E-state index contributed by atoms with van der Waals surface area (Å²) in [4.78, 5) is 17.9. The summed E-state index contributed by atoms with van der Waals surface area (Å²) in [6.45, 7) is 0. The molecule has 0 aliphatic rings. The van der Waals surface area contributed by atoms with Gasteiger partial charge < -0.3 is 15.5 Å². The van der Waals surface area contributed by atoms with E-state index in [0.29, 0.717) is 5.69 Å². The van der Waals surface area contributed by atoms with Gasteiger partial charge in [0.25, 0.3) is 0 Å². The Morgan fingerprint density at radius 3 is 2.18 bits per heavy atom. The number of hydrogen-bond donors (Lipinski definition) is 2. The number of carbonyl (C=O) groups excluding carboxylic acids is 1. The number of nitrogens with one attached hydrogen (secondary N) is 1. The fourth-order valence-corrected chi connectivity index (χ4v) is 1.57. The van der Waals surface area contributed by atoms with Gasteiger partial charge in [0.2, 0.25) is 34.8 Å². The van der Waals surface area contributed by atoms with E-state index in [1.165, 1.54) is 12.5 Å². The average Bonchev–Trinajstić information content (AvgIpc) is 3.00. The topological polar surface area (TPSA) is 81.0 Å². The molecule has 0 amide bonds. The van der Waals surface area contributed by atoms with Crippen molar-refractivity contribution in [2.45, 2.75) is 12.5 Å². The minimum absolute atomic E-state index is 0.131. The molecule has 10 heteroatoms. The van der Waals surface area contributed by atoms with Crippen LogP contribution in [-0.2, 0) is 11.2 Å². The van der Waals surface area contributed by atoms with Crippen LogP contribution in [0.15, 0.2) is 12.5 Å². The van der Waals surface area contributed by atoms with E-state index in [0.717, 1.165) is 0 Å². The predicted octanol–water partition coefficient (Wildman–Crippen LogP) is 1.58. The third-order valence-electron chi connectivity index (χ3n) is 2.67. The molecule has 1 atom stereocenters. The number of esters is 1. The molecule has 0 fully saturated rings. The highest BCUT2D eigenvalue weighted by Crippen LogP contribution is 2.29. The zero-order chi connectivity index (χ0) is 16.4. The van der Waals surface area contributed by atoms with Gasteiger partial charge in [0.15, 0.2) is 0 Å². The first kappa shape index (κ1) is 15.9. The van der Waals surface area contributed by atoms with Gasteiger partial charge in [-0.15, -0.1) is 0 Å². The van der Waals surface area contributed by atoms with Crippen LogP contribution in [0, 0.1) is 29.1 Å². The van der Waals surface area contributed by atoms with Crippen LogP contribution >= 0.6 is 0 Å². The van der Waals surface area contributed by atoms with Gasteiger partial charge in [-0.05, 0) is 0 Å². The summed E-state index contributed by atoms with van der Waals surface area (Å²) in [5, 5.41) is 0. The van der Waals surface area contributed by atoms with Gasteiger partial charge >= 0.3 is 5.97 Å². The summed E-state index contributed by atoms with van der Waals surface area (Å²) in [6.07, 6.45) is 2.51. The molecule has 2 aromatic rings. The summed E-state index contributed by atoms with van der Waals surface area (Å²) in [6, 6.07) is -1.39. The summed E-state index contributed by atoms with van der Waals surface area (Å²) >= 11 is 0. The Labute approximate surface area is 119 Å². The lowest BCUT2D eigenvalue weighted by molar-refractivity contribution is -0.136. The second kappa shape index (κ2) is 6.10. The van der Waals surface area contributed by atoms with E-state index in [9.17, 15) is 26.7 Å². The van der Waals surface area contributed by atoms with Gasteiger partial charge in [-0.25, -0.2) is 22.9 Å². The highest BCUT2D eigenvalue weighted by atomic mass is 19.2. The quantitative estimate of drug-likeness (QED) is 0.295. The van der Waals surface area contributed by atoms with E-state index in [1.807, 2.05) is 0 Å². The van der Waals surface area contributed by atoms with Crippen molar-refractivity contribution in [3.05, 3.63) is 47.3 Å². The van der Waals surface area contributed by atoms with Crippen molar-refractivity contribution in [1.29, 1.82) is 0 Å². The molecule has 22 heavy (non-hydrogen) atoms. The minimum atomic E-state index is -2.35. The van der Waals surface area contributed by atoms with Gasteiger partial charge in [0.1, 0.15) is 6.04 Å². The van der Waals surface area contributed by atoms with Crippen LogP contribution in [0.3, 0.4) is 0 Å². The van der Waals surface area contributed by atoms with Gasteiger partial charge in [0, 0.05) is 18.3 Å². The van der Waals surface area contributed by atoms with Crippen molar-refractivity contribution in [2.75, 3.05) is 0 Å². The van der Waals surface area contributed by atoms with Crippen molar-refractivity contribution in [2.24, 2.45) is 5.73 Å². The number of halogens is 5. The molecule has 0 saturated heterocycles. The molecule has 0 aliphatic heterocycles. The van der Waals surface area contributed by atoms with E-state index in [1.54, 1.807) is 0 Å². The molecular formula is C12H8F5N3O2. The van der Waals surface area contributed by atoms with Crippen LogP contribution in [0.1, 0.15) is 5.69 Å². The fraction of sp³-hybridized carbons (Fsp3) is 0.167. The number of nitrogens with two attached hydrogens (primary N) is 1. The largest absolute Gasteiger partial charge is 0.419 e. The number of aromatic nitrogens is 2. The van der Waals surface area contributed by atoms with Crippen LogP contribution < -0.4 is 10.5 Å². The standard InChI is InChI=1S/C12H8F5N3O2/c13-6-7(14)9(16)11(10(17)8(6)15)22-12(21)5(18)1-4-2-19-3-20-4/h2-3,5H,1,18H2,(H,19,20)/t5-/m0/s1. The number of rotatable bonds is 4. The van der Waals surface area contributed by atoms with Crippen molar-refractivity contribution < 1.29 is 31.5 Å². The molecule has 0 aliphatic carbocycles. The van der Waals surface area contributed by atoms with E-state index >= 15 is 0 Å². The summed E-state index contributed by atoms with van der Waals surface area (Å²) in [5.41, 5.74) is 5.85. The maximum Gasteiger partial charge on any atom is 0.328 e. The van der Waals surface area contributed by atoms with Crippen molar-refractivity contribution in [3.8, 4) is 5.75 Å². The molecule has 0 saturated carbocycles. The summed E-state index contributed by atoms with van der Waals surface area (Å²) < 4.78 is 69.7. The smallest absolute Gasteiger partial charge is 0.328 e. The summed E-state index contributed by atoms with van der Waals surface area (Å²) in [7, 11) is 0. The second-order valence-electron chi connectivity index (χ2n) is 4.21. The highest BCUT2D eigenvalue weighted by molar-refractivity contribution is 5.78. The van der Waals surface area contributed by atoms with Crippen LogP contribution in [0.2, 0.25) is 0 Å². The lowest BCUT2D eigenvalue weighted by atomic mass is 10.2. The maximum atomic E-state index is 13.3. The zero-order valence-electron chi connectivity index (χ0n) is 10.7. The molecule has 3 N–H and O–H groups in total. The number of H-pyrrole nitrogens is 1. The van der Waals surface area contributed by atoms with E-state index < -0.39 is 46.8 Å². The number of benzene rings is 1. The molecule has 118 valence electrons. The van der Waals surface area contributed by atoms with Gasteiger partial charge in [-0.1, -0.05) is 0 Å². The summed E-state index contributed by atoms with van der Waals surface area (Å²) in [5.74, 6) is -14.3. The average molecular weight is 321 g/mol. The molecular weight excluding hydrogens is 313 g/mol. The number of imidazole rings is 1. The van der Waals surface area contributed by atoms with E-state index in [4.69, 9.17) is 5.73 Å². The lowest BCUT2D eigenvalue weighted by Gasteiger charge is -2.12. The zero-order valence-corrected chi connectivity index (χ0v) is 10.7. The van der Waals surface area contributed by atoms with Gasteiger partial charge in [0.05, 0.1) is 6.33 Å². The minimum Gasteiger partial charge on any atom is -0.419 e. The van der Waals surface area contributed by atoms with E-state index in [2.05, 4.69) is 14.7 Å². The number of carbonyl (C=O) groups is 1. The molecule has 1 aromatic carbocycles. The fourth-order valence-electron chi connectivity index (χ4n) is 1.57. The van der Waals surface area contributed by atoms with Crippen LogP contribution in [0.25, 0.3) is 0 Å². The normalized spacial score (nSPS) is 12.3. The molecule has 0 unspecified atom stereocenters. The Morgan fingerprint density at radius 2 is 1.68 bits per heavy atom. The van der Waals surface area contributed by atoms with Crippen LogP contribution in [0.5, 0.6) is 5.75 Å². The van der Waals surface area contributed by atoms with Gasteiger partial charge in [-0.2, -0.15) is 8.78 Å². The Hall–Kier alpha value is -2.49. The van der Waals surface area contributed by atoms with Crippen LogP contribution in [-0.4, -0.2) is 22.0 Å². The number of ether oxygens (including phenoxy) is 1. The maximum absolute atomic E-state index is 13.3. The molecule has 0 bridgehead atoms. The van der Waals surface area contributed by atoms with Crippen molar-refractivity contribution >= 4 is 5.97 Å². The lowest BCUT2D eigenvalue weighted by Crippen LogP contribution is -2.36. The third kappa shape index (κ3) is 2.91. The van der Waals surface area contributed by atoms with E-state index in [-0.39, 0.29) is 6.42 Å². The van der Waals surface area contributed by atoms with Gasteiger partial charge in [-0.3, -0.25) is 0 Å². The Balaban J connectivity index is 2.21. The SMILES string of the molecule is N[C@@H](Cc1cnc[nH]1)C(=O)Oc1c(F)c(F)c(F)c(F)c1F. The predicted molar refractivity (Wildman–Crippen MR) is 62.1 cm³/mol.